The molecule has 1 saturated carbocycles. The number of hydrogen-bond acceptors (Lipinski definition) is 4. The van der Waals surface area contributed by atoms with Gasteiger partial charge >= 0.3 is 0 Å². The first-order valence-corrected chi connectivity index (χ1v) is 12.2. The van der Waals surface area contributed by atoms with Gasteiger partial charge in [0.05, 0.1) is 16.5 Å². The maximum absolute atomic E-state index is 12.9. The number of nitriles is 1. The first-order valence-electron chi connectivity index (χ1n) is 10.7. The second-order valence-electron chi connectivity index (χ2n) is 10.4. The Balaban J connectivity index is 1.58. The fraction of sp³-hybridized carbons (Fsp3) is 0.652. The Bertz CT molecular complexity index is 905. The van der Waals surface area contributed by atoms with Crippen LogP contribution in [-0.2, 0) is 14.8 Å². The molecule has 1 N–H and O–H groups in total. The molecule has 7 heteroatoms. The van der Waals surface area contributed by atoms with Crippen molar-refractivity contribution in [2.75, 3.05) is 13.1 Å². The minimum Gasteiger partial charge on any atom is -0.353 e. The predicted molar refractivity (Wildman–Crippen MR) is 116 cm³/mol. The lowest BCUT2D eigenvalue weighted by atomic mass is 9.63. The van der Waals surface area contributed by atoms with Crippen LogP contribution in [-0.4, -0.2) is 37.8 Å². The van der Waals surface area contributed by atoms with E-state index in [4.69, 9.17) is 5.26 Å². The van der Waals surface area contributed by atoms with Crippen molar-refractivity contribution in [3.63, 3.8) is 0 Å². The Hall–Kier alpha value is -1.91. The van der Waals surface area contributed by atoms with Crippen LogP contribution in [0.1, 0.15) is 65.4 Å². The van der Waals surface area contributed by atoms with Crippen molar-refractivity contribution in [1.82, 2.24) is 9.62 Å². The Morgan fingerprint density at radius 2 is 1.60 bits per heavy atom. The Labute approximate surface area is 180 Å². The van der Waals surface area contributed by atoms with Crippen LogP contribution in [0.25, 0.3) is 0 Å². The van der Waals surface area contributed by atoms with Gasteiger partial charge in [-0.1, -0.05) is 27.7 Å². The Morgan fingerprint density at radius 3 is 2.10 bits per heavy atom. The van der Waals surface area contributed by atoms with E-state index in [1.807, 2.05) is 6.07 Å². The highest BCUT2D eigenvalue weighted by atomic mass is 32.2. The third-order valence-corrected chi connectivity index (χ3v) is 8.26. The third kappa shape index (κ3) is 5.22. The van der Waals surface area contributed by atoms with Crippen molar-refractivity contribution >= 4 is 15.9 Å². The van der Waals surface area contributed by atoms with Crippen molar-refractivity contribution in [3.05, 3.63) is 29.8 Å². The molecule has 164 valence electrons. The molecule has 3 rings (SSSR count). The van der Waals surface area contributed by atoms with E-state index in [-0.39, 0.29) is 33.6 Å². The van der Waals surface area contributed by atoms with Gasteiger partial charge in [0.25, 0.3) is 0 Å². The average molecular weight is 432 g/mol. The summed E-state index contributed by atoms with van der Waals surface area (Å²) in [6.45, 7) is 9.72. The molecule has 0 aromatic heterocycles. The molecule has 0 spiro atoms. The number of piperidine rings is 1. The monoisotopic (exact) mass is 431 g/mol. The van der Waals surface area contributed by atoms with Crippen LogP contribution >= 0.6 is 0 Å². The molecule has 0 bridgehead atoms. The highest BCUT2D eigenvalue weighted by molar-refractivity contribution is 7.89. The Kier molecular flexibility index (Phi) is 6.31. The summed E-state index contributed by atoms with van der Waals surface area (Å²) in [6.07, 6.45) is 4.17. The fourth-order valence-electron chi connectivity index (χ4n) is 5.48. The zero-order valence-electron chi connectivity index (χ0n) is 18.4. The van der Waals surface area contributed by atoms with Crippen LogP contribution in [0.4, 0.5) is 0 Å². The minimum absolute atomic E-state index is 0.0592. The van der Waals surface area contributed by atoms with E-state index in [2.05, 4.69) is 33.0 Å². The quantitative estimate of drug-likeness (QED) is 0.787. The van der Waals surface area contributed by atoms with Gasteiger partial charge in [0.2, 0.25) is 15.9 Å². The number of hydrogen-bond donors (Lipinski definition) is 1. The van der Waals surface area contributed by atoms with Gasteiger partial charge in [0.15, 0.2) is 0 Å². The molecule has 0 unspecified atom stereocenters. The molecule has 1 amide bonds. The molecule has 1 aliphatic heterocycles. The first kappa shape index (κ1) is 22.8. The lowest BCUT2D eigenvalue weighted by molar-refractivity contribution is -0.127. The summed E-state index contributed by atoms with van der Waals surface area (Å²) in [5.74, 6) is -0.0884. The molecule has 1 saturated heterocycles. The molecule has 1 heterocycles. The minimum atomic E-state index is -3.60. The van der Waals surface area contributed by atoms with Gasteiger partial charge in [-0.05, 0) is 67.2 Å². The number of carbonyl (C=O) groups excluding carboxylic acids is 1. The largest absolute Gasteiger partial charge is 0.353 e. The molecule has 0 radical (unpaired) electrons. The van der Waals surface area contributed by atoms with Gasteiger partial charge in [-0.25, -0.2) is 8.42 Å². The van der Waals surface area contributed by atoms with Crippen molar-refractivity contribution in [1.29, 1.82) is 5.26 Å². The van der Waals surface area contributed by atoms with Gasteiger partial charge in [0, 0.05) is 25.0 Å². The predicted octanol–water partition coefficient (Wildman–Crippen LogP) is 3.68. The molecular weight excluding hydrogens is 398 g/mol. The van der Waals surface area contributed by atoms with Gasteiger partial charge in [-0.15, -0.1) is 0 Å². The first-order chi connectivity index (χ1) is 13.9. The smallest absolute Gasteiger partial charge is 0.243 e. The van der Waals surface area contributed by atoms with Gasteiger partial charge in [0.1, 0.15) is 0 Å². The fourth-order valence-corrected chi connectivity index (χ4v) is 6.95. The van der Waals surface area contributed by atoms with Crippen molar-refractivity contribution < 1.29 is 13.2 Å². The van der Waals surface area contributed by atoms with Gasteiger partial charge in [-0.2, -0.15) is 9.57 Å². The number of amides is 1. The van der Waals surface area contributed by atoms with Gasteiger partial charge < -0.3 is 5.32 Å². The average Bonchev–Trinajstić information content (AvgIpc) is 2.65. The van der Waals surface area contributed by atoms with Crippen LogP contribution in [0.2, 0.25) is 0 Å². The number of carbonyl (C=O) groups is 1. The molecule has 2 fully saturated rings. The van der Waals surface area contributed by atoms with E-state index >= 15 is 0 Å². The summed E-state index contributed by atoms with van der Waals surface area (Å²) in [5.41, 5.74) is 0.842. The number of sulfonamides is 1. The second-order valence-corrected chi connectivity index (χ2v) is 12.4. The van der Waals surface area contributed by atoms with E-state index in [1.165, 1.54) is 28.6 Å². The van der Waals surface area contributed by atoms with E-state index < -0.39 is 10.0 Å². The number of rotatable bonds is 4. The third-order valence-electron chi connectivity index (χ3n) is 6.35. The molecule has 2 aliphatic rings. The standard InChI is InChI=1S/C23H33N3O3S/c1-22(2)13-19(14-23(3,4)16-22)25-21(27)18-9-11-26(12-10-18)30(28,29)20-7-5-17(15-24)6-8-20/h5-8,18-19H,9-14,16H2,1-4H3,(H,25,27). The zero-order valence-corrected chi connectivity index (χ0v) is 19.3. The molecule has 30 heavy (non-hydrogen) atoms. The maximum atomic E-state index is 12.9. The second kappa shape index (κ2) is 8.32. The van der Waals surface area contributed by atoms with Crippen molar-refractivity contribution in [2.45, 2.75) is 70.7 Å². The molecule has 1 aromatic carbocycles. The summed E-state index contributed by atoms with van der Waals surface area (Å²) in [4.78, 5) is 13.1. The molecule has 6 nitrogen and oxygen atoms in total. The van der Waals surface area contributed by atoms with Crippen LogP contribution in [0.3, 0.4) is 0 Å². The van der Waals surface area contributed by atoms with Crippen molar-refractivity contribution in [2.24, 2.45) is 16.7 Å². The number of nitrogens with zero attached hydrogens (tertiary/aromatic N) is 2. The maximum Gasteiger partial charge on any atom is 0.243 e. The SMILES string of the molecule is CC1(C)CC(NC(=O)C2CCN(S(=O)(=O)c3ccc(C#N)cc3)CC2)CC(C)(C)C1. The van der Waals surface area contributed by atoms with Crippen molar-refractivity contribution in [3.8, 4) is 6.07 Å². The summed E-state index contributed by atoms with van der Waals surface area (Å²) in [6, 6.07) is 8.14. The summed E-state index contributed by atoms with van der Waals surface area (Å²) in [5, 5.41) is 12.1. The van der Waals surface area contributed by atoms with Gasteiger partial charge in [-0.3, -0.25) is 4.79 Å². The summed E-state index contributed by atoms with van der Waals surface area (Å²) in [7, 11) is -3.60. The highest BCUT2D eigenvalue weighted by Gasteiger charge is 2.40. The van der Waals surface area contributed by atoms with Crippen LogP contribution in [0.5, 0.6) is 0 Å². The molecule has 0 atom stereocenters. The normalized spacial score (nSPS) is 22.9. The summed E-state index contributed by atoms with van der Waals surface area (Å²) < 4.78 is 27.2. The lowest BCUT2D eigenvalue weighted by Crippen LogP contribution is -2.49. The lowest BCUT2D eigenvalue weighted by Gasteiger charge is -2.45. The molecule has 1 aliphatic carbocycles. The molecule has 1 aromatic rings. The van der Waals surface area contributed by atoms with E-state index in [0.717, 1.165) is 19.3 Å². The van der Waals surface area contributed by atoms with Crippen LogP contribution in [0, 0.1) is 28.1 Å². The van der Waals surface area contributed by atoms with E-state index in [0.29, 0.717) is 31.5 Å². The Morgan fingerprint density at radius 1 is 1.07 bits per heavy atom. The van der Waals surface area contributed by atoms with Crippen LogP contribution in [0.15, 0.2) is 29.2 Å². The number of nitrogens with one attached hydrogen (secondary N) is 1. The topological polar surface area (TPSA) is 90.3 Å². The van der Waals surface area contributed by atoms with Crippen LogP contribution < -0.4 is 5.32 Å². The number of benzene rings is 1. The zero-order chi connectivity index (χ0) is 22.2. The van der Waals surface area contributed by atoms with E-state index in [9.17, 15) is 13.2 Å². The van der Waals surface area contributed by atoms with E-state index in [1.54, 1.807) is 0 Å². The summed E-state index contributed by atoms with van der Waals surface area (Å²) >= 11 is 0. The highest BCUT2D eigenvalue weighted by Crippen LogP contribution is 2.45. The molecular formula is C23H33N3O3S.